The number of rotatable bonds is 2. The second-order valence-corrected chi connectivity index (χ2v) is 6.51. The summed E-state index contributed by atoms with van der Waals surface area (Å²) >= 11 is 6.23. The first-order chi connectivity index (χ1) is 11.1. The molecule has 0 radical (unpaired) electrons. The van der Waals surface area contributed by atoms with Gasteiger partial charge in [0, 0.05) is 5.56 Å². The molecule has 0 saturated heterocycles. The van der Waals surface area contributed by atoms with Gasteiger partial charge in [0.25, 0.3) is 0 Å². The second kappa shape index (κ2) is 6.91. The molecule has 0 bridgehead atoms. The highest BCUT2D eigenvalue weighted by atomic mass is 35.5. The first-order valence-electron chi connectivity index (χ1n) is 8.06. The highest BCUT2D eigenvalue weighted by molar-refractivity contribution is 6.32. The number of halogens is 3. The Balaban J connectivity index is 2.22. The predicted molar refractivity (Wildman–Crippen MR) is 87.6 cm³/mol. The maximum absolute atomic E-state index is 14.3. The molecule has 0 atom stereocenters. The molecule has 122 valence electrons. The van der Waals surface area contributed by atoms with Crippen molar-refractivity contribution >= 4 is 11.6 Å². The number of benzene rings is 1. The minimum atomic E-state index is -0.617. The zero-order valence-electron chi connectivity index (χ0n) is 13.1. The fraction of sp³-hybridized carbons (Fsp3) is 0.444. The van der Waals surface area contributed by atoms with E-state index in [9.17, 15) is 8.78 Å². The van der Waals surface area contributed by atoms with Gasteiger partial charge < -0.3 is 0 Å². The van der Waals surface area contributed by atoms with E-state index in [-0.39, 0.29) is 16.6 Å². The van der Waals surface area contributed by atoms with Crippen LogP contribution < -0.4 is 0 Å². The van der Waals surface area contributed by atoms with Gasteiger partial charge in [-0.3, -0.25) is 0 Å². The molecular formula is C18H19ClF2N2. The smallest absolute Gasteiger partial charge is 0.160 e. The van der Waals surface area contributed by atoms with Crippen molar-refractivity contribution in [2.45, 2.75) is 51.4 Å². The summed E-state index contributed by atoms with van der Waals surface area (Å²) in [5.41, 5.74) is 1.85. The van der Waals surface area contributed by atoms with Crippen LogP contribution in [0, 0.1) is 18.6 Å². The van der Waals surface area contributed by atoms with Crippen molar-refractivity contribution in [3.05, 3.63) is 46.2 Å². The Bertz CT molecular complexity index is 690. The van der Waals surface area contributed by atoms with Gasteiger partial charge in [-0.15, -0.1) is 5.10 Å². The number of hydrogen-bond donors (Lipinski definition) is 0. The van der Waals surface area contributed by atoms with Gasteiger partial charge in [-0.05, 0) is 43.4 Å². The van der Waals surface area contributed by atoms with E-state index in [0.717, 1.165) is 31.2 Å². The summed E-state index contributed by atoms with van der Waals surface area (Å²) in [6.45, 7) is 1.84. The van der Waals surface area contributed by atoms with Crippen LogP contribution in [0.2, 0.25) is 5.15 Å². The third-order valence-corrected chi connectivity index (χ3v) is 4.89. The summed E-state index contributed by atoms with van der Waals surface area (Å²) in [4.78, 5) is 0. The average molecular weight is 337 g/mol. The van der Waals surface area contributed by atoms with E-state index in [4.69, 9.17) is 11.6 Å². The van der Waals surface area contributed by atoms with E-state index >= 15 is 0 Å². The fourth-order valence-corrected chi connectivity index (χ4v) is 3.79. The maximum Gasteiger partial charge on any atom is 0.160 e. The summed E-state index contributed by atoms with van der Waals surface area (Å²) < 4.78 is 28.7. The molecular weight excluding hydrogens is 318 g/mol. The molecule has 23 heavy (non-hydrogen) atoms. The lowest BCUT2D eigenvalue weighted by molar-refractivity contribution is 0.575. The number of aryl methyl sites for hydroxylation is 1. The largest absolute Gasteiger partial charge is 0.206 e. The van der Waals surface area contributed by atoms with Gasteiger partial charge in [-0.25, -0.2) is 8.78 Å². The van der Waals surface area contributed by atoms with Crippen LogP contribution in [0.4, 0.5) is 8.78 Å². The van der Waals surface area contributed by atoms with Crippen molar-refractivity contribution in [1.29, 1.82) is 0 Å². The van der Waals surface area contributed by atoms with Gasteiger partial charge in [-0.1, -0.05) is 43.4 Å². The Labute approximate surface area is 139 Å². The third kappa shape index (κ3) is 3.23. The lowest BCUT2D eigenvalue weighted by atomic mass is 9.85. The molecule has 2 nitrogen and oxygen atoms in total. The van der Waals surface area contributed by atoms with Crippen molar-refractivity contribution in [2.24, 2.45) is 0 Å². The molecule has 3 rings (SSSR count). The Morgan fingerprint density at radius 3 is 2.17 bits per heavy atom. The average Bonchev–Trinajstić information content (AvgIpc) is 2.79. The standard InChI is InChI=1S/C18H19ClF2N2/c1-11-15(12-7-4-2-3-5-8-12)17(18(19)23-22-11)16-13(20)9-6-10-14(16)21/h6,9-10,12H,2-5,7-8H2,1H3. The lowest BCUT2D eigenvalue weighted by Gasteiger charge is -2.21. The molecule has 1 fully saturated rings. The van der Waals surface area contributed by atoms with Gasteiger partial charge in [0.1, 0.15) is 11.6 Å². The third-order valence-electron chi connectivity index (χ3n) is 4.63. The number of hydrogen-bond acceptors (Lipinski definition) is 2. The zero-order chi connectivity index (χ0) is 16.4. The van der Waals surface area contributed by atoms with Crippen LogP contribution in [0.1, 0.15) is 55.7 Å². The summed E-state index contributed by atoms with van der Waals surface area (Å²) in [5.74, 6) is -1.01. The number of nitrogens with zero attached hydrogens (tertiary/aromatic N) is 2. The Morgan fingerprint density at radius 1 is 0.957 bits per heavy atom. The predicted octanol–water partition coefficient (Wildman–Crippen LogP) is 5.82. The quantitative estimate of drug-likeness (QED) is 0.645. The van der Waals surface area contributed by atoms with Crippen LogP contribution in [-0.4, -0.2) is 10.2 Å². The molecule has 1 aromatic carbocycles. The molecule has 0 amide bonds. The summed E-state index contributed by atoms with van der Waals surface area (Å²) in [5, 5.41) is 8.07. The molecule has 1 aliphatic carbocycles. The van der Waals surface area contributed by atoms with E-state index in [0.29, 0.717) is 11.3 Å². The second-order valence-electron chi connectivity index (χ2n) is 6.15. The van der Waals surface area contributed by atoms with Crippen molar-refractivity contribution in [1.82, 2.24) is 10.2 Å². The molecule has 1 heterocycles. The van der Waals surface area contributed by atoms with Crippen molar-refractivity contribution in [2.75, 3.05) is 0 Å². The van der Waals surface area contributed by atoms with Gasteiger partial charge in [0.2, 0.25) is 0 Å². The van der Waals surface area contributed by atoms with Crippen molar-refractivity contribution < 1.29 is 8.78 Å². The monoisotopic (exact) mass is 336 g/mol. The van der Waals surface area contributed by atoms with Crippen LogP contribution in [0.25, 0.3) is 11.1 Å². The molecule has 5 heteroatoms. The molecule has 0 unspecified atom stereocenters. The Hall–Kier alpha value is -1.55. The topological polar surface area (TPSA) is 25.8 Å². The SMILES string of the molecule is Cc1nnc(Cl)c(-c2c(F)cccc2F)c1C1CCCCCC1. The normalized spacial score (nSPS) is 16.3. The van der Waals surface area contributed by atoms with Crippen LogP contribution in [-0.2, 0) is 0 Å². The van der Waals surface area contributed by atoms with E-state index in [1.165, 1.54) is 31.0 Å². The number of aromatic nitrogens is 2. The molecule has 1 saturated carbocycles. The van der Waals surface area contributed by atoms with E-state index in [1.54, 1.807) is 0 Å². The molecule has 0 aliphatic heterocycles. The Morgan fingerprint density at radius 2 is 1.57 bits per heavy atom. The highest BCUT2D eigenvalue weighted by Gasteiger charge is 2.26. The van der Waals surface area contributed by atoms with E-state index in [2.05, 4.69) is 10.2 Å². The van der Waals surface area contributed by atoms with E-state index < -0.39 is 11.6 Å². The lowest BCUT2D eigenvalue weighted by Crippen LogP contribution is -2.08. The highest BCUT2D eigenvalue weighted by Crippen LogP contribution is 2.42. The van der Waals surface area contributed by atoms with E-state index in [1.807, 2.05) is 6.92 Å². The summed E-state index contributed by atoms with van der Waals surface area (Å²) in [6, 6.07) is 3.86. The van der Waals surface area contributed by atoms with Crippen LogP contribution in [0.15, 0.2) is 18.2 Å². The van der Waals surface area contributed by atoms with Gasteiger partial charge in [-0.2, -0.15) is 5.10 Å². The first kappa shape index (κ1) is 16.3. The van der Waals surface area contributed by atoms with Crippen LogP contribution >= 0.6 is 11.6 Å². The molecule has 2 aromatic rings. The molecule has 0 N–H and O–H groups in total. The van der Waals surface area contributed by atoms with Crippen molar-refractivity contribution in [3.8, 4) is 11.1 Å². The first-order valence-corrected chi connectivity index (χ1v) is 8.44. The fourth-order valence-electron chi connectivity index (χ4n) is 3.56. The summed E-state index contributed by atoms with van der Waals surface area (Å²) in [6.07, 6.45) is 6.61. The van der Waals surface area contributed by atoms with Gasteiger partial charge in [0.05, 0.1) is 11.3 Å². The zero-order valence-corrected chi connectivity index (χ0v) is 13.8. The van der Waals surface area contributed by atoms with Crippen molar-refractivity contribution in [3.63, 3.8) is 0 Å². The van der Waals surface area contributed by atoms with Crippen LogP contribution in [0.5, 0.6) is 0 Å². The van der Waals surface area contributed by atoms with Gasteiger partial charge in [0.15, 0.2) is 5.15 Å². The minimum absolute atomic E-state index is 0.0684. The molecule has 1 aromatic heterocycles. The maximum atomic E-state index is 14.3. The van der Waals surface area contributed by atoms with Crippen LogP contribution in [0.3, 0.4) is 0 Å². The minimum Gasteiger partial charge on any atom is -0.206 e. The Kier molecular flexibility index (Phi) is 4.90. The molecule has 0 spiro atoms. The molecule has 1 aliphatic rings. The summed E-state index contributed by atoms with van der Waals surface area (Å²) in [7, 11) is 0. The van der Waals surface area contributed by atoms with Gasteiger partial charge >= 0.3 is 0 Å².